The van der Waals surface area contributed by atoms with Crippen molar-refractivity contribution < 1.29 is 4.74 Å². The minimum Gasteiger partial charge on any atom is -0.488 e. The van der Waals surface area contributed by atoms with Crippen LogP contribution in [0.2, 0.25) is 0 Å². The zero-order chi connectivity index (χ0) is 22.8. The van der Waals surface area contributed by atoms with Gasteiger partial charge in [0.05, 0.1) is 5.69 Å². The molecule has 1 aromatic heterocycles. The number of benzene rings is 2. The lowest BCUT2D eigenvalue weighted by molar-refractivity contribution is 0.160. The summed E-state index contributed by atoms with van der Waals surface area (Å²) in [7, 11) is 2.13. The molecule has 0 aliphatic carbocycles. The summed E-state index contributed by atoms with van der Waals surface area (Å²) >= 11 is 0. The number of nitrogens with zero attached hydrogens (tertiary/aromatic N) is 3. The number of ether oxygens (including phenoxy) is 1. The Hall–Kier alpha value is -2.92. The zero-order valence-electron chi connectivity index (χ0n) is 19.8. The Labute approximate surface area is 191 Å². The quantitative estimate of drug-likeness (QED) is 0.562. The van der Waals surface area contributed by atoms with Crippen molar-refractivity contribution in [3.8, 4) is 17.0 Å². The third-order valence-electron chi connectivity index (χ3n) is 6.13. The molecule has 0 spiro atoms. The summed E-state index contributed by atoms with van der Waals surface area (Å²) in [4.78, 5) is 2.28. The smallest absolute Gasteiger partial charge is 0.151 e. The van der Waals surface area contributed by atoms with Gasteiger partial charge in [0.1, 0.15) is 12.4 Å². The minimum absolute atomic E-state index is 0.0864. The lowest BCUT2D eigenvalue weighted by Gasteiger charge is -2.49. The Morgan fingerprint density at radius 2 is 1.53 bits per heavy atom. The fraction of sp³-hybridized carbons (Fsp3) is 0.407. The Balaban J connectivity index is 1.50. The first kappa shape index (κ1) is 22.3. The lowest BCUT2D eigenvalue weighted by atomic mass is 9.79. The molecular formula is C27H34N4O. The fourth-order valence-electron chi connectivity index (χ4n) is 4.93. The van der Waals surface area contributed by atoms with Crippen LogP contribution >= 0.6 is 0 Å². The predicted molar refractivity (Wildman–Crippen MR) is 131 cm³/mol. The van der Waals surface area contributed by atoms with Crippen LogP contribution < -0.4 is 15.0 Å². The van der Waals surface area contributed by atoms with Gasteiger partial charge in [0.15, 0.2) is 5.82 Å². The fourth-order valence-corrected chi connectivity index (χ4v) is 4.93. The van der Waals surface area contributed by atoms with Gasteiger partial charge in [0, 0.05) is 29.7 Å². The van der Waals surface area contributed by atoms with E-state index >= 15 is 0 Å². The van der Waals surface area contributed by atoms with Crippen LogP contribution in [0, 0.1) is 0 Å². The molecule has 0 saturated carbocycles. The van der Waals surface area contributed by atoms with Crippen LogP contribution in [0.1, 0.15) is 46.1 Å². The van der Waals surface area contributed by atoms with Crippen molar-refractivity contribution in [1.82, 2.24) is 15.5 Å². The molecule has 0 atom stereocenters. The van der Waals surface area contributed by atoms with Gasteiger partial charge in [-0.05, 0) is 70.4 Å². The highest BCUT2D eigenvalue weighted by Gasteiger charge is 2.39. The standard InChI is InChI=1S/C27H34N4O/c1-26(2)17-21(18-27(3,4)30-26)31(5)25-16-15-23(28-29-25)22-13-9-10-14-24(22)32-19-20-11-7-6-8-12-20/h6-16,21,30H,17-19H2,1-5H3. The molecule has 0 unspecified atom stereocenters. The topological polar surface area (TPSA) is 50.3 Å². The lowest BCUT2D eigenvalue weighted by Crippen LogP contribution is -2.62. The Morgan fingerprint density at radius 3 is 2.19 bits per heavy atom. The first-order chi connectivity index (χ1) is 15.2. The molecule has 2 aromatic carbocycles. The second-order valence-electron chi connectivity index (χ2n) is 10.1. The molecule has 1 aliphatic heterocycles. The van der Waals surface area contributed by atoms with E-state index in [4.69, 9.17) is 4.74 Å². The van der Waals surface area contributed by atoms with Crippen LogP contribution in [-0.2, 0) is 6.61 Å². The normalized spacial score (nSPS) is 17.7. The van der Waals surface area contributed by atoms with Crippen LogP contribution in [0.4, 0.5) is 5.82 Å². The van der Waals surface area contributed by atoms with E-state index in [1.54, 1.807) is 0 Å². The number of piperidine rings is 1. The Bertz CT molecular complexity index is 1020. The molecule has 0 radical (unpaired) electrons. The third-order valence-corrected chi connectivity index (χ3v) is 6.13. The molecule has 168 valence electrons. The number of hydrogen-bond acceptors (Lipinski definition) is 5. The summed E-state index contributed by atoms with van der Waals surface area (Å²) in [6.45, 7) is 9.62. The number of para-hydroxylation sites is 1. The van der Waals surface area contributed by atoms with Crippen LogP contribution in [0.25, 0.3) is 11.3 Å². The molecule has 1 saturated heterocycles. The second kappa shape index (κ2) is 8.91. The highest BCUT2D eigenvalue weighted by atomic mass is 16.5. The van der Waals surface area contributed by atoms with Gasteiger partial charge in [-0.25, -0.2) is 0 Å². The maximum absolute atomic E-state index is 6.11. The predicted octanol–water partition coefficient (Wildman–Crippen LogP) is 5.47. The van der Waals surface area contributed by atoms with E-state index in [-0.39, 0.29) is 11.1 Å². The largest absolute Gasteiger partial charge is 0.488 e. The number of anilines is 1. The summed E-state index contributed by atoms with van der Waals surface area (Å²) < 4.78 is 6.11. The van der Waals surface area contributed by atoms with E-state index in [2.05, 4.69) is 73.4 Å². The second-order valence-corrected chi connectivity index (χ2v) is 10.1. The summed E-state index contributed by atoms with van der Waals surface area (Å²) in [5, 5.41) is 12.9. The third kappa shape index (κ3) is 5.28. The Morgan fingerprint density at radius 1 is 0.875 bits per heavy atom. The number of rotatable bonds is 6. The van der Waals surface area contributed by atoms with Crippen molar-refractivity contribution >= 4 is 5.82 Å². The molecule has 1 N–H and O–H groups in total. The number of nitrogens with one attached hydrogen (secondary N) is 1. The molecule has 0 bridgehead atoms. The molecule has 5 nitrogen and oxygen atoms in total. The van der Waals surface area contributed by atoms with Crippen LogP contribution in [-0.4, -0.2) is 34.4 Å². The van der Waals surface area contributed by atoms with Crippen molar-refractivity contribution in [2.75, 3.05) is 11.9 Å². The molecule has 0 amide bonds. The van der Waals surface area contributed by atoms with Gasteiger partial charge in [-0.3, -0.25) is 0 Å². The summed E-state index contributed by atoms with van der Waals surface area (Å²) in [5.41, 5.74) is 3.08. The molecular weight excluding hydrogens is 396 g/mol. The van der Waals surface area contributed by atoms with Crippen molar-refractivity contribution in [2.45, 2.75) is 64.3 Å². The zero-order valence-corrected chi connectivity index (χ0v) is 19.8. The average molecular weight is 431 g/mol. The van der Waals surface area contributed by atoms with Crippen molar-refractivity contribution in [2.24, 2.45) is 0 Å². The minimum atomic E-state index is 0.0864. The van der Waals surface area contributed by atoms with Gasteiger partial charge in [0.2, 0.25) is 0 Å². The van der Waals surface area contributed by atoms with Crippen molar-refractivity contribution in [3.05, 3.63) is 72.3 Å². The highest BCUT2D eigenvalue weighted by Crippen LogP contribution is 2.33. The average Bonchev–Trinajstić information content (AvgIpc) is 2.76. The maximum Gasteiger partial charge on any atom is 0.151 e. The van der Waals surface area contributed by atoms with Gasteiger partial charge in [0.25, 0.3) is 0 Å². The highest BCUT2D eigenvalue weighted by molar-refractivity contribution is 5.67. The van der Waals surface area contributed by atoms with Gasteiger partial charge >= 0.3 is 0 Å². The first-order valence-corrected chi connectivity index (χ1v) is 11.3. The molecule has 32 heavy (non-hydrogen) atoms. The van der Waals surface area contributed by atoms with Gasteiger partial charge < -0.3 is 15.0 Å². The number of aromatic nitrogens is 2. The van der Waals surface area contributed by atoms with Gasteiger partial charge in [-0.15, -0.1) is 10.2 Å². The van der Waals surface area contributed by atoms with E-state index in [1.165, 1.54) is 0 Å². The van der Waals surface area contributed by atoms with E-state index in [0.717, 1.165) is 41.2 Å². The monoisotopic (exact) mass is 430 g/mol. The van der Waals surface area contributed by atoms with Crippen molar-refractivity contribution in [3.63, 3.8) is 0 Å². The molecule has 1 fully saturated rings. The van der Waals surface area contributed by atoms with Crippen molar-refractivity contribution in [1.29, 1.82) is 0 Å². The van der Waals surface area contributed by atoms with Gasteiger partial charge in [-0.1, -0.05) is 42.5 Å². The van der Waals surface area contributed by atoms with E-state index < -0.39 is 0 Å². The first-order valence-electron chi connectivity index (χ1n) is 11.3. The van der Waals surface area contributed by atoms with E-state index in [0.29, 0.717) is 12.6 Å². The SMILES string of the molecule is CN(c1ccc(-c2ccccc2OCc2ccccc2)nn1)C1CC(C)(C)NC(C)(C)C1. The molecule has 5 heteroatoms. The summed E-state index contributed by atoms with van der Waals surface area (Å²) in [5.74, 6) is 1.71. The molecule has 3 aromatic rings. The van der Waals surface area contributed by atoms with Gasteiger partial charge in [-0.2, -0.15) is 0 Å². The summed E-state index contributed by atoms with van der Waals surface area (Å²) in [6, 6.07) is 22.7. The molecule has 4 rings (SSSR count). The van der Waals surface area contributed by atoms with Crippen LogP contribution in [0.5, 0.6) is 5.75 Å². The molecule has 2 heterocycles. The molecule has 1 aliphatic rings. The van der Waals surface area contributed by atoms with Crippen LogP contribution in [0.3, 0.4) is 0 Å². The van der Waals surface area contributed by atoms with Crippen LogP contribution in [0.15, 0.2) is 66.7 Å². The summed E-state index contributed by atoms with van der Waals surface area (Å²) in [6.07, 6.45) is 2.12. The van der Waals surface area contributed by atoms with E-state index in [9.17, 15) is 0 Å². The Kier molecular flexibility index (Phi) is 6.20. The number of hydrogen-bond donors (Lipinski definition) is 1. The van der Waals surface area contributed by atoms with E-state index in [1.807, 2.05) is 48.5 Å². The maximum atomic E-state index is 6.11.